The fourth-order valence-electron chi connectivity index (χ4n) is 1.71. The highest BCUT2D eigenvalue weighted by Crippen LogP contribution is 2.24. The maximum atomic E-state index is 12.1. The fraction of sp³-hybridized carbons (Fsp3) is 0.571. The van der Waals surface area contributed by atoms with Crippen LogP contribution < -0.4 is 10.1 Å². The molecule has 0 saturated heterocycles. The first-order valence-electron chi connectivity index (χ1n) is 6.52. The number of nitrogens with one attached hydrogen (secondary N) is 1. The van der Waals surface area contributed by atoms with Gasteiger partial charge < -0.3 is 14.8 Å². The number of halogens is 3. The summed E-state index contributed by atoms with van der Waals surface area (Å²) in [7, 11) is 0. The molecule has 0 aliphatic rings. The van der Waals surface area contributed by atoms with E-state index in [2.05, 4.69) is 10.1 Å². The molecule has 1 unspecified atom stereocenters. The summed E-state index contributed by atoms with van der Waals surface area (Å²) < 4.78 is 45.6. The van der Waals surface area contributed by atoms with Crippen molar-refractivity contribution in [1.29, 1.82) is 0 Å². The number of benzene rings is 1. The summed E-state index contributed by atoms with van der Waals surface area (Å²) in [6.45, 7) is 7.04. The van der Waals surface area contributed by atoms with Gasteiger partial charge in [0.1, 0.15) is 5.75 Å². The van der Waals surface area contributed by atoms with Crippen LogP contribution in [0.25, 0.3) is 0 Å². The zero-order valence-corrected chi connectivity index (χ0v) is 11.8. The van der Waals surface area contributed by atoms with Crippen molar-refractivity contribution in [1.82, 2.24) is 5.32 Å². The predicted molar refractivity (Wildman–Crippen MR) is 70.6 cm³/mol. The molecule has 1 atom stereocenters. The predicted octanol–water partition coefficient (Wildman–Crippen LogP) is 3.66. The lowest BCUT2D eigenvalue weighted by Gasteiger charge is -2.20. The van der Waals surface area contributed by atoms with Crippen molar-refractivity contribution in [2.24, 2.45) is 0 Å². The number of likely N-dealkylation sites (N-methyl/N-ethyl adjacent to an activating group) is 1. The Bertz CT molecular complexity index is 390. The topological polar surface area (TPSA) is 30.5 Å². The normalized spacial score (nSPS) is 13.6. The van der Waals surface area contributed by atoms with E-state index in [9.17, 15) is 13.2 Å². The summed E-state index contributed by atoms with van der Waals surface area (Å²) in [6.07, 6.45) is -4.56. The third-order valence-corrected chi connectivity index (χ3v) is 2.56. The van der Waals surface area contributed by atoms with Gasteiger partial charge >= 0.3 is 6.36 Å². The van der Waals surface area contributed by atoms with Gasteiger partial charge in [-0.25, -0.2) is 0 Å². The molecule has 0 spiro atoms. The Morgan fingerprint density at radius 2 is 1.75 bits per heavy atom. The summed E-state index contributed by atoms with van der Waals surface area (Å²) in [4.78, 5) is 0. The molecule has 0 bridgehead atoms. The van der Waals surface area contributed by atoms with Crippen LogP contribution in [0.5, 0.6) is 5.75 Å². The van der Waals surface area contributed by atoms with E-state index in [1.165, 1.54) is 12.1 Å². The molecule has 1 N–H and O–H groups in total. The van der Waals surface area contributed by atoms with Crippen molar-refractivity contribution in [3.63, 3.8) is 0 Å². The maximum Gasteiger partial charge on any atom is 0.573 e. The lowest BCUT2D eigenvalue weighted by Crippen LogP contribution is -2.26. The van der Waals surface area contributed by atoms with Gasteiger partial charge in [-0.2, -0.15) is 0 Å². The summed E-state index contributed by atoms with van der Waals surface area (Å²) in [5.41, 5.74) is 0.863. The molecule has 1 aromatic carbocycles. The molecule has 1 aromatic rings. The monoisotopic (exact) mass is 291 g/mol. The van der Waals surface area contributed by atoms with Crippen molar-refractivity contribution in [2.75, 3.05) is 13.2 Å². The Kier molecular flexibility index (Phi) is 6.29. The van der Waals surface area contributed by atoms with E-state index in [0.717, 1.165) is 12.1 Å². The van der Waals surface area contributed by atoms with Gasteiger partial charge in [-0.15, -0.1) is 13.2 Å². The molecular formula is C14H20F3NO2. The van der Waals surface area contributed by atoms with Gasteiger partial charge in [0.25, 0.3) is 0 Å². The van der Waals surface area contributed by atoms with Crippen LogP contribution in [0.2, 0.25) is 0 Å². The molecular weight excluding hydrogens is 271 g/mol. The zero-order chi connectivity index (χ0) is 15.2. The molecule has 0 heterocycles. The second-order valence-corrected chi connectivity index (χ2v) is 4.61. The highest BCUT2D eigenvalue weighted by molar-refractivity contribution is 5.29. The average molecular weight is 291 g/mol. The number of alkyl halides is 3. The molecule has 1 rings (SSSR count). The van der Waals surface area contributed by atoms with E-state index in [-0.39, 0.29) is 17.9 Å². The second-order valence-electron chi connectivity index (χ2n) is 4.61. The van der Waals surface area contributed by atoms with Crippen molar-refractivity contribution >= 4 is 0 Å². The van der Waals surface area contributed by atoms with E-state index in [1.807, 2.05) is 20.8 Å². The molecule has 20 heavy (non-hydrogen) atoms. The Labute approximate surface area is 117 Å². The highest BCUT2D eigenvalue weighted by atomic mass is 19.4. The lowest BCUT2D eigenvalue weighted by molar-refractivity contribution is -0.274. The minimum absolute atomic E-state index is 0.0534. The summed E-state index contributed by atoms with van der Waals surface area (Å²) >= 11 is 0. The van der Waals surface area contributed by atoms with Crippen LogP contribution in [0.15, 0.2) is 24.3 Å². The van der Waals surface area contributed by atoms with Gasteiger partial charge in [-0.3, -0.25) is 0 Å². The van der Waals surface area contributed by atoms with Gasteiger partial charge in [0.2, 0.25) is 0 Å². The van der Waals surface area contributed by atoms with E-state index in [1.54, 1.807) is 12.1 Å². The molecule has 0 fully saturated rings. The minimum atomic E-state index is -4.66. The third kappa shape index (κ3) is 6.25. The summed E-state index contributed by atoms with van der Waals surface area (Å²) in [6, 6.07) is 5.78. The molecule has 0 aromatic heterocycles. The van der Waals surface area contributed by atoms with Crippen LogP contribution in [0.3, 0.4) is 0 Å². The van der Waals surface area contributed by atoms with Crippen molar-refractivity contribution in [3.05, 3.63) is 29.8 Å². The molecule has 0 aliphatic heterocycles. The van der Waals surface area contributed by atoms with Crippen LogP contribution in [0, 0.1) is 0 Å². The molecule has 6 heteroatoms. The molecule has 3 nitrogen and oxygen atoms in total. The first-order chi connectivity index (χ1) is 9.31. The first-order valence-corrected chi connectivity index (χ1v) is 6.52. The van der Waals surface area contributed by atoms with Crippen LogP contribution in [-0.2, 0) is 4.74 Å². The maximum absolute atomic E-state index is 12.1. The standard InChI is InChI=1S/C14H20F3NO2/c1-4-18-13(9-19-10(2)3)11-5-7-12(8-6-11)20-14(15,16)17/h5-8,10,13,18H,4,9H2,1-3H3. The lowest BCUT2D eigenvalue weighted by atomic mass is 10.1. The Morgan fingerprint density at radius 1 is 1.15 bits per heavy atom. The van der Waals surface area contributed by atoms with Crippen LogP contribution >= 0.6 is 0 Å². The summed E-state index contributed by atoms with van der Waals surface area (Å²) in [5.74, 6) is -0.221. The van der Waals surface area contributed by atoms with E-state index in [0.29, 0.717) is 6.61 Å². The van der Waals surface area contributed by atoms with Gasteiger partial charge in [0.15, 0.2) is 0 Å². The van der Waals surface area contributed by atoms with E-state index < -0.39 is 6.36 Å². The Balaban J connectivity index is 2.71. The number of hydrogen-bond donors (Lipinski definition) is 1. The fourth-order valence-corrected chi connectivity index (χ4v) is 1.71. The Hall–Kier alpha value is -1.27. The van der Waals surface area contributed by atoms with Gasteiger partial charge in [-0.1, -0.05) is 19.1 Å². The SMILES string of the molecule is CCNC(COC(C)C)c1ccc(OC(F)(F)F)cc1. The van der Waals surface area contributed by atoms with E-state index in [4.69, 9.17) is 4.74 Å². The largest absolute Gasteiger partial charge is 0.573 e. The smallest absolute Gasteiger partial charge is 0.406 e. The Morgan fingerprint density at radius 3 is 2.20 bits per heavy atom. The third-order valence-electron chi connectivity index (χ3n) is 2.56. The second kappa shape index (κ2) is 7.50. The van der Waals surface area contributed by atoms with Crippen LogP contribution in [-0.4, -0.2) is 25.6 Å². The number of rotatable bonds is 7. The van der Waals surface area contributed by atoms with Gasteiger partial charge in [0.05, 0.1) is 18.8 Å². The zero-order valence-electron chi connectivity index (χ0n) is 11.8. The van der Waals surface area contributed by atoms with E-state index >= 15 is 0 Å². The minimum Gasteiger partial charge on any atom is -0.406 e. The van der Waals surface area contributed by atoms with Crippen molar-refractivity contribution in [2.45, 2.75) is 39.3 Å². The molecule has 0 amide bonds. The van der Waals surface area contributed by atoms with Gasteiger partial charge in [-0.05, 0) is 38.1 Å². The quantitative estimate of drug-likeness (QED) is 0.831. The van der Waals surface area contributed by atoms with Gasteiger partial charge in [0, 0.05) is 0 Å². The summed E-state index contributed by atoms with van der Waals surface area (Å²) in [5, 5.41) is 3.23. The highest BCUT2D eigenvalue weighted by Gasteiger charge is 2.31. The van der Waals surface area contributed by atoms with Crippen LogP contribution in [0.1, 0.15) is 32.4 Å². The van der Waals surface area contributed by atoms with Crippen molar-refractivity contribution < 1.29 is 22.6 Å². The molecule has 0 aliphatic carbocycles. The first kappa shape index (κ1) is 16.8. The van der Waals surface area contributed by atoms with Crippen molar-refractivity contribution in [3.8, 4) is 5.75 Å². The number of ether oxygens (including phenoxy) is 2. The molecule has 0 radical (unpaired) electrons. The number of hydrogen-bond acceptors (Lipinski definition) is 3. The molecule has 0 saturated carbocycles. The van der Waals surface area contributed by atoms with Crippen LogP contribution in [0.4, 0.5) is 13.2 Å². The molecule has 114 valence electrons. The average Bonchev–Trinajstić information content (AvgIpc) is 2.33.